The highest BCUT2D eigenvalue weighted by Crippen LogP contribution is 2.50. The molecule has 0 amide bonds. The van der Waals surface area contributed by atoms with Crippen molar-refractivity contribution in [1.29, 1.82) is 0 Å². The van der Waals surface area contributed by atoms with Gasteiger partial charge in [0, 0.05) is 30.5 Å². The minimum atomic E-state index is 0.156. The summed E-state index contributed by atoms with van der Waals surface area (Å²) < 4.78 is 0. The lowest BCUT2D eigenvalue weighted by Gasteiger charge is -2.48. The van der Waals surface area contributed by atoms with Crippen LogP contribution in [-0.2, 0) is 4.79 Å². The van der Waals surface area contributed by atoms with E-state index in [1.807, 2.05) is 0 Å². The summed E-state index contributed by atoms with van der Waals surface area (Å²) in [6, 6.07) is 0.443. The van der Waals surface area contributed by atoms with Crippen molar-refractivity contribution in [1.82, 2.24) is 4.90 Å². The quantitative estimate of drug-likeness (QED) is 0.743. The maximum Gasteiger partial charge on any atom is 0.176 e. The van der Waals surface area contributed by atoms with Crippen LogP contribution in [-0.4, -0.2) is 16.7 Å². The van der Waals surface area contributed by atoms with E-state index in [0.717, 1.165) is 17.8 Å². The molecule has 2 aliphatic rings. The van der Waals surface area contributed by atoms with Gasteiger partial charge in [0.2, 0.25) is 0 Å². The topological polar surface area (TPSA) is 20.3 Å². The van der Waals surface area contributed by atoms with Gasteiger partial charge in [-0.05, 0) is 12.0 Å². The van der Waals surface area contributed by atoms with Gasteiger partial charge in [0.15, 0.2) is 5.78 Å². The van der Waals surface area contributed by atoms with E-state index >= 15 is 0 Å². The zero-order valence-corrected chi connectivity index (χ0v) is 11.2. The first-order chi connectivity index (χ1) is 8.00. The molecule has 0 aromatic carbocycles. The maximum atomic E-state index is 11.8. The molecule has 3 unspecified atom stereocenters. The second kappa shape index (κ2) is 4.17. The van der Waals surface area contributed by atoms with E-state index in [4.69, 9.17) is 0 Å². The third kappa shape index (κ3) is 1.58. The normalized spacial score (nSPS) is 32.1. The van der Waals surface area contributed by atoms with Crippen molar-refractivity contribution in [3.8, 4) is 0 Å². The lowest BCUT2D eigenvalue weighted by molar-refractivity contribution is -0.115. The summed E-state index contributed by atoms with van der Waals surface area (Å²) in [5, 5.41) is 0. The maximum absolute atomic E-state index is 11.8. The summed E-state index contributed by atoms with van der Waals surface area (Å²) in [6.07, 6.45) is 5.26. The fourth-order valence-corrected chi connectivity index (χ4v) is 3.09. The smallest absolute Gasteiger partial charge is 0.176 e. The fourth-order valence-electron chi connectivity index (χ4n) is 3.09. The summed E-state index contributed by atoms with van der Waals surface area (Å²) in [5.74, 6) is 1.08. The van der Waals surface area contributed by atoms with Crippen LogP contribution >= 0.6 is 0 Å². The Labute approximate surface area is 104 Å². The van der Waals surface area contributed by atoms with E-state index in [9.17, 15) is 4.79 Å². The van der Waals surface area contributed by atoms with Crippen LogP contribution in [0.15, 0.2) is 35.7 Å². The molecule has 2 nitrogen and oxygen atoms in total. The van der Waals surface area contributed by atoms with E-state index in [1.54, 1.807) is 6.92 Å². The highest BCUT2D eigenvalue weighted by molar-refractivity contribution is 5.95. The zero-order chi connectivity index (χ0) is 12.7. The van der Waals surface area contributed by atoms with Gasteiger partial charge in [0.25, 0.3) is 0 Å². The third-order valence-electron chi connectivity index (χ3n) is 4.03. The Balaban J connectivity index is 2.42. The minimum Gasteiger partial charge on any atom is -0.338 e. The van der Waals surface area contributed by atoms with Crippen molar-refractivity contribution in [2.24, 2.45) is 11.8 Å². The first-order valence-electron chi connectivity index (χ1n) is 6.40. The highest BCUT2D eigenvalue weighted by Gasteiger charge is 2.51. The van der Waals surface area contributed by atoms with Crippen molar-refractivity contribution in [2.75, 3.05) is 0 Å². The number of nitrogens with zero attached hydrogens (tertiary/aromatic N) is 1. The molecule has 0 spiro atoms. The van der Waals surface area contributed by atoms with Crippen LogP contribution < -0.4 is 0 Å². The highest BCUT2D eigenvalue weighted by atomic mass is 16.1. The van der Waals surface area contributed by atoms with Crippen LogP contribution in [0, 0.1) is 11.8 Å². The number of Topliss-reactive ketones (excluding diaryl/α,β-unsaturated/α-hetero) is 1. The van der Waals surface area contributed by atoms with Crippen molar-refractivity contribution < 1.29 is 4.79 Å². The Morgan fingerprint density at radius 2 is 2.06 bits per heavy atom. The second-order valence-electron chi connectivity index (χ2n) is 5.10. The van der Waals surface area contributed by atoms with Crippen LogP contribution in [0.4, 0.5) is 0 Å². The lowest BCUT2D eigenvalue weighted by atomic mass is 9.80. The molecule has 1 fully saturated rings. The lowest BCUT2D eigenvalue weighted by Crippen LogP contribution is -2.51. The molecule has 2 rings (SSSR count). The fraction of sp³-hybridized carbons (Fsp3) is 0.533. The largest absolute Gasteiger partial charge is 0.338 e. The number of rotatable bonds is 3. The van der Waals surface area contributed by atoms with Gasteiger partial charge in [-0.2, -0.15) is 0 Å². The molecule has 2 aliphatic heterocycles. The predicted molar refractivity (Wildman–Crippen MR) is 70.2 cm³/mol. The van der Waals surface area contributed by atoms with Crippen LogP contribution in [0.3, 0.4) is 0 Å². The van der Waals surface area contributed by atoms with Gasteiger partial charge in [-0.25, -0.2) is 0 Å². The second-order valence-corrected chi connectivity index (χ2v) is 5.10. The van der Waals surface area contributed by atoms with Crippen LogP contribution in [0.1, 0.15) is 34.1 Å². The van der Waals surface area contributed by atoms with Crippen LogP contribution in [0.25, 0.3) is 0 Å². The molecule has 0 bridgehead atoms. The molecule has 2 heterocycles. The average molecular weight is 231 g/mol. The first-order valence-corrected chi connectivity index (χ1v) is 6.40. The summed E-state index contributed by atoms with van der Waals surface area (Å²) in [4.78, 5) is 14.0. The summed E-state index contributed by atoms with van der Waals surface area (Å²) in [7, 11) is 0. The minimum absolute atomic E-state index is 0.156. The van der Waals surface area contributed by atoms with E-state index in [0.29, 0.717) is 17.9 Å². The first kappa shape index (κ1) is 12.2. The molecular weight excluding hydrogens is 210 g/mol. The van der Waals surface area contributed by atoms with Gasteiger partial charge < -0.3 is 4.90 Å². The van der Waals surface area contributed by atoms with E-state index in [-0.39, 0.29) is 5.78 Å². The Bertz CT molecular complexity index is 430. The molecule has 0 aliphatic carbocycles. The average Bonchev–Trinajstić information content (AvgIpc) is 2.56. The number of carbonyl (C=O) groups is 1. The van der Waals surface area contributed by atoms with E-state index in [2.05, 4.69) is 44.4 Å². The van der Waals surface area contributed by atoms with Crippen molar-refractivity contribution in [3.63, 3.8) is 0 Å². The molecule has 17 heavy (non-hydrogen) atoms. The Morgan fingerprint density at radius 3 is 2.59 bits per heavy atom. The Hall–Kier alpha value is -1.31. The van der Waals surface area contributed by atoms with E-state index in [1.165, 1.54) is 5.57 Å². The summed E-state index contributed by atoms with van der Waals surface area (Å²) in [5.41, 5.74) is 3.15. The van der Waals surface area contributed by atoms with E-state index < -0.39 is 0 Å². The monoisotopic (exact) mass is 231 g/mol. The van der Waals surface area contributed by atoms with Crippen LogP contribution in [0.2, 0.25) is 0 Å². The van der Waals surface area contributed by atoms with Gasteiger partial charge in [-0.1, -0.05) is 39.5 Å². The molecule has 0 saturated carbocycles. The molecule has 0 aromatic rings. The number of hydrogen-bond acceptors (Lipinski definition) is 2. The molecule has 92 valence electrons. The molecule has 0 radical (unpaired) electrons. The van der Waals surface area contributed by atoms with Crippen LogP contribution in [0.5, 0.6) is 0 Å². The number of ketones is 1. The molecule has 0 aromatic heterocycles. The molecule has 1 saturated heterocycles. The summed E-state index contributed by atoms with van der Waals surface area (Å²) in [6.45, 7) is 12.3. The van der Waals surface area contributed by atoms with Crippen molar-refractivity contribution in [3.05, 3.63) is 35.7 Å². The van der Waals surface area contributed by atoms with Gasteiger partial charge in [0.05, 0.1) is 5.70 Å². The molecule has 0 N–H and O–H groups in total. The van der Waals surface area contributed by atoms with Crippen molar-refractivity contribution in [2.45, 2.75) is 40.2 Å². The van der Waals surface area contributed by atoms with Gasteiger partial charge >= 0.3 is 0 Å². The molecule has 3 atom stereocenters. The molecule has 2 heteroatoms. The summed E-state index contributed by atoms with van der Waals surface area (Å²) >= 11 is 0. The standard InChI is InChI=1S/C15H21NO/c1-6-7-8-13-10(3)14-9(2)11(4)16(14)15(13)12(5)17/h7-10,14H,4,6H2,1-3,5H3/b8-7+. The number of fused-ring (bicyclic) bond motifs is 1. The number of hydrogen-bond donors (Lipinski definition) is 0. The Morgan fingerprint density at radius 1 is 1.41 bits per heavy atom. The third-order valence-corrected chi connectivity index (χ3v) is 4.03. The predicted octanol–water partition coefficient (Wildman–Crippen LogP) is 3.28. The number of carbonyl (C=O) groups excluding carboxylic acids is 1. The van der Waals surface area contributed by atoms with Gasteiger partial charge in [-0.3, -0.25) is 4.79 Å². The van der Waals surface area contributed by atoms with Gasteiger partial charge in [-0.15, -0.1) is 0 Å². The Kier molecular flexibility index (Phi) is 2.98. The SMILES string of the molecule is C=C1C(C)C2C(C)C(/C=C/CC)=C(C(C)=O)N12. The zero-order valence-electron chi connectivity index (χ0n) is 11.2. The molecular formula is C15H21NO. The van der Waals surface area contributed by atoms with Gasteiger partial charge in [0.1, 0.15) is 0 Å². The number of allylic oxidation sites excluding steroid dienone is 3. The van der Waals surface area contributed by atoms with Crippen molar-refractivity contribution >= 4 is 5.78 Å².